The van der Waals surface area contributed by atoms with E-state index in [4.69, 9.17) is 0 Å². The Morgan fingerprint density at radius 3 is 2.71 bits per heavy atom. The van der Waals surface area contributed by atoms with Crippen LogP contribution in [0.1, 0.15) is 23.3 Å². The van der Waals surface area contributed by atoms with Crippen LogP contribution in [0.3, 0.4) is 0 Å². The SMILES string of the molecule is CC(C(=O)c1ccc(F)c(F)c1)n1cncn1. The molecule has 0 radical (unpaired) electrons. The van der Waals surface area contributed by atoms with E-state index < -0.39 is 17.7 Å². The van der Waals surface area contributed by atoms with Crippen LogP contribution in [-0.4, -0.2) is 20.5 Å². The normalized spacial score (nSPS) is 12.4. The van der Waals surface area contributed by atoms with Crippen molar-refractivity contribution >= 4 is 5.78 Å². The molecule has 4 nitrogen and oxygen atoms in total. The molecule has 0 fully saturated rings. The van der Waals surface area contributed by atoms with E-state index in [9.17, 15) is 13.6 Å². The molecule has 1 aromatic carbocycles. The van der Waals surface area contributed by atoms with Crippen LogP contribution >= 0.6 is 0 Å². The number of halogens is 2. The van der Waals surface area contributed by atoms with Gasteiger partial charge in [0.1, 0.15) is 18.7 Å². The maximum atomic E-state index is 13.0. The van der Waals surface area contributed by atoms with E-state index in [1.165, 1.54) is 23.4 Å². The summed E-state index contributed by atoms with van der Waals surface area (Å²) < 4.78 is 27.1. The number of benzene rings is 1. The summed E-state index contributed by atoms with van der Waals surface area (Å²) in [7, 11) is 0. The zero-order valence-corrected chi connectivity index (χ0v) is 8.97. The summed E-state index contributed by atoms with van der Waals surface area (Å²) in [5, 5.41) is 3.82. The second-order valence-corrected chi connectivity index (χ2v) is 3.54. The van der Waals surface area contributed by atoms with Crippen molar-refractivity contribution in [2.24, 2.45) is 0 Å². The first-order chi connectivity index (χ1) is 8.09. The molecule has 0 spiro atoms. The lowest BCUT2D eigenvalue weighted by molar-refractivity contribution is 0.0927. The zero-order valence-electron chi connectivity index (χ0n) is 8.97. The molecule has 17 heavy (non-hydrogen) atoms. The highest BCUT2D eigenvalue weighted by molar-refractivity contribution is 5.98. The first kappa shape index (κ1) is 11.4. The van der Waals surface area contributed by atoms with Gasteiger partial charge in [0.2, 0.25) is 0 Å². The molecule has 88 valence electrons. The van der Waals surface area contributed by atoms with Gasteiger partial charge in [0.05, 0.1) is 0 Å². The summed E-state index contributed by atoms with van der Waals surface area (Å²) in [4.78, 5) is 15.6. The minimum absolute atomic E-state index is 0.104. The summed E-state index contributed by atoms with van der Waals surface area (Å²) >= 11 is 0. The van der Waals surface area contributed by atoms with E-state index in [1.807, 2.05) is 0 Å². The monoisotopic (exact) mass is 237 g/mol. The third-order valence-electron chi connectivity index (χ3n) is 2.42. The molecular formula is C11H9F2N3O. The highest BCUT2D eigenvalue weighted by atomic mass is 19.2. The van der Waals surface area contributed by atoms with Gasteiger partial charge in [-0.2, -0.15) is 5.10 Å². The second-order valence-electron chi connectivity index (χ2n) is 3.54. The van der Waals surface area contributed by atoms with Crippen molar-refractivity contribution in [1.29, 1.82) is 0 Å². The minimum atomic E-state index is -1.04. The standard InChI is InChI=1S/C11H9F2N3O/c1-7(16-6-14-5-15-16)11(17)8-2-3-9(12)10(13)4-8/h2-7H,1H3. The number of carbonyl (C=O) groups is 1. The average Bonchev–Trinajstić information content (AvgIpc) is 2.84. The fourth-order valence-electron chi connectivity index (χ4n) is 1.43. The predicted molar refractivity (Wildman–Crippen MR) is 55.4 cm³/mol. The van der Waals surface area contributed by atoms with Crippen molar-refractivity contribution < 1.29 is 13.6 Å². The Labute approximate surface area is 95.9 Å². The van der Waals surface area contributed by atoms with E-state index in [0.717, 1.165) is 12.1 Å². The van der Waals surface area contributed by atoms with Crippen molar-refractivity contribution in [3.05, 3.63) is 48.1 Å². The molecule has 0 aliphatic rings. The third kappa shape index (κ3) is 2.20. The predicted octanol–water partition coefficient (Wildman–Crippen LogP) is 2.00. The molecule has 0 aliphatic carbocycles. The number of hydrogen-bond acceptors (Lipinski definition) is 3. The summed E-state index contributed by atoms with van der Waals surface area (Å²) in [5.41, 5.74) is 0.104. The fraction of sp³-hybridized carbons (Fsp3) is 0.182. The smallest absolute Gasteiger partial charge is 0.187 e. The highest BCUT2D eigenvalue weighted by Gasteiger charge is 2.18. The molecule has 0 saturated heterocycles. The van der Waals surface area contributed by atoms with E-state index in [2.05, 4.69) is 10.1 Å². The molecule has 0 amide bonds. The molecule has 0 bridgehead atoms. The number of carbonyl (C=O) groups excluding carboxylic acids is 1. The van der Waals surface area contributed by atoms with Gasteiger partial charge in [-0.05, 0) is 25.1 Å². The van der Waals surface area contributed by atoms with Gasteiger partial charge < -0.3 is 0 Å². The first-order valence-corrected chi connectivity index (χ1v) is 4.93. The van der Waals surface area contributed by atoms with Crippen molar-refractivity contribution in [2.45, 2.75) is 13.0 Å². The van der Waals surface area contributed by atoms with Crippen molar-refractivity contribution in [3.8, 4) is 0 Å². The van der Waals surface area contributed by atoms with Crippen LogP contribution in [0.4, 0.5) is 8.78 Å². The third-order valence-corrected chi connectivity index (χ3v) is 2.42. The number of rotatable bonds is 3. The molecule has 0 N–H and O–H groups in total. The van der Waals surface area contributed by atoms with Crippen LogP contribution in [0.5, 0.6) is 0 Å². The average molecular weight is 237 g/mol. The maximum Gasteiger partial charge on any atom is 0.187 e. The van der Waals surface area contributed by atoms with Gasteiger partial charge in [0, 0.05) is 5.56 Å². The summed E-state index contributed by atoms with van der Waals surface area (Å²) in [6.07, 6.45) is 2.69. The molecule has 1 heterocycles. The van der Waals surface area contributed by atoms with E-state index >= 15 is 0 Å². The van der Waals surface area contributed by atoms with Crippen molar-refractivity contribution in [3.63, 3.8) is 0 Å². The van der Waals surface area contributed by atoms with Crippen LogP contribution < -0.4 is 0 Å². The van der Waals surface area contributed by atoms with Gasteiger partial charge in [0.15, 0.2) is 17.4 Å². The Morgan fingerprint density at radius 2 is 2.12 bits per heavy atom. The lowest BCUT2D eigenvalue weighted by Gasteiger charge is -2.10. The molecular weight excluding hydrogens is 228 g/mol. The number of nitrogens with zero attached hydrogens (tertiary/aromatic N) is 3. The van der Waals surface area contributed by atoms with Crippen LogP contribution in [-0.2, 0) is 0 Å². The summed E-state index contributed by atoms with van der Waals surface area (Å²) in [6.45, 7) is 1.61. The largest absolute Gasteiger partial charge is 0.292 e. The molecule has 2 rings (SSSR count). The van der Waals surface area contributed by atoms with E-state index in [-0.39, 0.29) is 11.3 Å². The van der Waals surface area contributed by atoms with Crippen LogP contribution in [0, 0.1) is 11.6 Å². The van der Waals surface area contributed by atoms with Gasteiger partial charge in [0.25, 0.3) is 0 Å². The second kappa shape index (κ2) is 4.40. The van der Waals surface area contributed by atoms with Gasteiger partial charge in [-0.25, -0.2) is 18.4 Å². The van der Waals surface area contributed by atoms with Gasteiger partial charge in [-0.3, -0.25) is 4.79 Å². The van der Waals surface area contributed by atoms with Crippen LogP contribution in [0.2, 0.25) is 0 Å². The molecule has 1 unspecified atom stereocenters. The highest BCUT2D eigenvalue weighted by Crippen LogP contribution is 2.15. The lowest BCUT2D eigenvalue weighted by Crippen LogP contribution is -2.17. The van der Waals surface area contributed by atoms with Gasteiger partial charge >= 0.3 is 0 Å². The Bertz CT molecular complexity index is 540. The Morgan fingerprint density at radius 1 is 1.35 bits per heavy atom. The molecule has 1 aromatic heterocycles. The number of Topliss-reactive ketones (excluding diaryl/α,β-unsaturated/α-hetero) is 1. The minimum Gasteiger partial charge on any atom is -0.292 e. The number of ketones is 1. The summed E-state index contributed by atoms with van der Waals surface area (Å²) in [6, 6.07) is 2.44. The van der Waals surface area contributed by atoms with Gasteiger partial charge in [-0.1, -0.05) is 0 Å². The topological polar surface area (TPSA) is 47.8 Å². The molecule has 6 heteroatoms. The number of hydrogen-bond donors (Lipinski definition) is 0. The van der Waals surface area contributed by atoms with Crippen molar-refractivity contribution in [2.75, 3.05) is 0 Å². The molecule has 1 atom stereocenters. The molecule has 2 aromatic rings. The molecule has 0 saturated carbocycles. The summed E-state index contributed by atoms with van der Waals surface area (Å²) in [5.74, 6) is -2.37. The Hall–Kier alpha value is -2.11. The van der Waals surface area contributed by atoms with E-state index in [0.29, 0.717) is 0 Å². The van der Waals surface area contributed by atoms with Gasteiger partial charge in [-0.15, -0.1) is 0 Å². The Kier molecular flexibility index (Phi) is 2.95. The first-order valence-electron chi connectivity index (χ1n) is 4.93. The maximum absolute atomic E-state index is 13.0. The van der Waals surface area contributed by atoms with Crippen molar-refractivity contribution in [1.82, 2.24) is 14.8 Å². The Balaban J connectivity index is 2.28. The lowest BCUT2D eigenvalue weighted by atomic mass is 10.1. The molecule has 0 aliphatic heterocycles. The number of aromatic nitrogens is 3. The van der Waals surface area contributed by atoms with Crippen LogP contribution in [0.25, 0.3) is 0 Å². The van der Waals surface area contributed by atoms with Crippen LogP contribution in [0.15, 0.2) is 30.9 Å². The van der Waals surface area contributed by atoms with E-state index in [1.54, 1.807) is 6.92 Å². The fourth-order valence-corrected chi connectivity index (χ4v) is 1.43. The zero-order chi connectivity index (χ0) is 12.4. The quantitative estimate of drug-likeness (QED) is 0.767.